The Morgan fingerprint density at radius 2 is 2.15 bits per heavy atom. The Morgan fingerprint density at radius 3 is 2.80 bits per heavy atom. The van der Waals surface area contributed by atoms with E-state index in [1.54, 1.807) is 24.5 Å². The van der Waals surface area contributed by atoms with Gasteiger partial charge in [-0.2, -0.15) is 0 Å². The van der Waals surface area contributed by atoms with Crippen LogP contribution in [-0.2, 0) is 0 Å². The van der Waals surface area contributed by atoms with Gasteiger partial charge in [0, 0.05) is 6.20 Å². The Labute approximate surface area is 118 Å². The van der Waals surface area contributed by atoms with Crippen LogP contribution in [0.2, 0.25) is 0 Å². The number of anilines is 2. The van der Waals surface area contributed by atoms with Crippen LogP contribution in [0.25, 0.3) is 0 Å². The van der Waals surface area contributed by atoms with E-state index in [9.17, 15) is 14.5 Å². The predicted molar refractivity (Wildman–Crippen MR) is 77.1 cm³/mol. The van der Waals surface area contributed by atoms with Crippen molar-refractivity contribution in [2.24, 2.45) is 0 Å². The minimum atomic E-state index is -0.687. The zero-order valence-electron chi connectivity index (χ0n) is 10.0. The Balaban J connectivity index is 2.14. The van der Waals surface area contributed by atoms with Gasteiger partial charge in [0.15, 0.2) is 5.11 Å². The summed E-state index contributed by atoms with van der Waals surface area (Å²) in [5.74, 6) is -0.687. The van der Waals surface area contributed by atoms with Crippen LogP contribution in [0.1, 0.15) is 0 Å². The number of nitrogens with one attached hydrogen (secondary N) is 2. The van der Waals surface area contributed by atoms with Gasteiger partial charge in [0.1, 0.15) is 11.5 Å². The normalized spacial score (nSPS) is 9.85. The summed E-state index contributed by atoms with van der Waals surface area (Å²) in [4.78, 5) is 14.1. The molecular formula is C12H9FN4O2S. The van der Waals surface area contributed by atoms with E-state index in [2.05, 4.69) is 15.6 Å². The highest BCUT2D eigenvalue weighted by Gasteiger charge is 2.15. The molecule has 0 aliphatic rings. The van der Waals surface area contributed by atoms with Crippen molar-refractivity contribution in [3.05, 3.63) is 58.7 Å². The third-order valence-corrected chi connectivity index (χ3v) is 2.53. The number of nitro groups is 1. The molecule has 2 rings (SSSR count). The molecule has 102 valence electrons. The van der Waals surface area contributed by atoms with E-state index in [0.717, 1.165) is 12.1 Å². The number of thiocarbonyl (C=S) groups is 1. The summed E-state index contributed by atoms with van der Waals surface area (Å²) in [5, 5.41) is 16.4. The highest BCUT2D eigenvalue weighted by molar-refractivity contribution is 7.80. The molecule has 0 spiro atoms. The fourth-order valence-corrected chi connectivity index (χ4v) is 1.71. The first-order chi connectivity index (χ1) is 9.56. The molecule has 0 bridgehead atoms. The number of nitro benzene ring substituents is 1. The fraction of sp³-hybridized carbons (Fsp3) is 0. The Kier molecular flexibility index (Phi) is 4.16. The molecule has 0 radical (unpaired) electrons. The van der Waals surface area contributed by atoms with Crippen LogP contribution in [0, 0.1) is 15.9 Å². The number of aromatic nitrogens is 1. The zero-order valence-corrected chi connectivity index (χ0v) is 10.9. The molecule has 20 heavy (non-hydrogen) atoms. The monoisotopic (exact) mass is 292 g/mol. The van der Waals surface area contributed by atoms with Crippen molar-refractivity contribution >= 4 is 34.4 Å². The van der Waals surface area contributed by atoms with Gasteiger partial charge >= 0.3 is 0 Å². The second-order valence-electron chi connectivity index (χ2n) is 3.74. The Morgan fingerprint density at radius 1 is 1.35 bits per heavy atom. The van der Waals surface area contributed by atoms with Crippen molar-refractivity contribution in [3.63, 3.8) is 0 Å². The quantitative estimate of drug-likeness (QED) is 0.514. The van der Waals surface area contributed by atoms with Crippen molar-refractivity contribution in [2.75, 3.05) is 10.6 Å². The van der Waals surface area contributed by atoms with E-state index in [1.165, 1.54) is 6.07 Å². The average Bonchev–Trinajstić information content (AvgIpc) is 2.41. The number of hydrogen-bond acceptors (Lipinski definition) is 4. The number of pyridine rings is 1. The van der Waals surface area contributed by atoms with Gasteiger partial charge in [0.05, 0.1) is 22.9 Å². The van der Waals surface area contributed by atoms with Gasteiger partial charge in [-0.1, -0.05) is 0 Å². The maximum absolute atomic E-state index is 13.0. The molecule has 0 saturated heterocycles. The minimum absolute atomic E-state index is 0.109. The molecule has 0 amide bonds. The van der Waals surface area contributed by atoms with Gasteiger partial charge < -0.3 is 10.6 Å². The van der Waals surface area contributed by atoms with Gasteiger partial charge in [-0.3, -0.25) is 15.1 Å². The molecule has 0 atom stereocenters. The maximum Gasteiger partial charge on any atom is 0.295 e. The summed E-state index contributed by atoms with van der Waals surface area (Å²) >= 11 is 5.03. The first kappa shape index (κ1) is 13.8. The Hall–Kier alpha value is -2.61. The third-order valence-electron chi connectivity index (χ3n) is 2.32. The second-order valence-corrected chi connectivity index (χ2v) is 4.15. The lowest BCUT2D eigenvalue weighted by atomic mass is 10.2. The largest absolute Gasteiger partial charge is 0.331 e. The standard InChI is InChI=1S/C12H9FN4O2S/c13-8-3-4-10(11(6-8)17(18)19)16-12(20)15-9-2-1-5-14-7-9/h1-7H,(H2,15,16,20). The lowest BCUT2D eigenvalue weighted by molar-refractivity contribution is -0.384. The van der Waals surface area contributed by atoms with Crippen LogP contribution in [0.4, 0.5) is 21.5 Å². The molecule has 1 aromatic carbocycles. The number of rotatable bonds is 3. The van der Waals surface area contributed by atoms with E-state index in [-0.39, 0.29) is 16.5 Å². The summed E-state index contributed by atoms with van der Waals surface area (Å²) in [6.07, 6.45) is 3.15. The molecule has 0 aliphatic heterocycles. The van der Waals surface area contributed by atoms with E-state index in [1.807, 2.05) is 0 Å². The highest BCUT2D eigenvalue weighted by Crippen LogP contribution is 2.25. The maximum atomic E-state index is 13.0. The number of benzene rings is 1. The molecule has 0 fully saturated rings. The van der Waals surface area contributed by atoms with Gasteiger partial charge in [0.25, 0.3) is 5.69 Å². The van der Waals surface area contributed by atoms with E-state index >= 15 is 0 Å². The van der Waals surface area contributed by atoms with Crippen LogP contribution in [0.15, 0.2) is 42.7 Å². The van der Waals surface area contributed by atoms with Crippen LogP contribution < -0.4 is 10.6 Å². The van der Waals surface area contributed by atoms with Crippen LogP contribution in [0.3, 0.4) is 0 Å². The van der Waals surface area contributed by atoms with Crippen molar-refractivity contribution < 1.29 is 9.31 Å². The molecule has 0 saturated carbocycles. The summed E-state index contributed by atoms with van der Waals surface area (Å²) in [6.45, 7) is 0. The zero-order chi connectivity index (χ0) is 14.5. The molecule has 2 aromatic rings. The topological polar surface area (TPSA) is 80.1 Å². The van der Waals surface area contributed by atoms with Gasteiger partial charge in [-0.05, 0) is 36.5 Å². The smallest absolute Gasteiger partial charge is 0.295 e. The summed E-state index contributed by atoms with van der Waals surface area (Å²) in [7, 11) is 0. The predicted octanol–water partition coefficient (Wildman–Crippen LogP) is 2.94. The van der Waals surface area contributed by atoms with Gasteiger partial charge in [-0.25, -0.2) is 4.39 Å². The van der Waals surface area contributed by atoms with E-state index < -0.39 is 10.7 Å². The highest BCUT2D eigenvalue weighted by atomic mass is 32.1. The molecule has 1 aromatic heterocycles. The molecule has 2 N–H and O–H groups in total. The fourth-order valence-electron chi connectivity index (χ4n) is 1.48. The van der Waals surface area contributed by atoms with Crippen LogP contribution in [-0.4, -0.2) is 15.0 Å². The summed E-state index contributed by atoms with van der Waals surface area (Å²) in [5.41, 5.74) is 0.355. The summed E-state index contributed by atoms with van der Waals surface area (Å²) < 4.78 is 13.0. The number of hydrogen-bond donors (Lipinski definition) is 2. The molecule has 0 aliphatic carbocycles. The number of nitrogens with zero attached hydrogens (tertiary/aromatic N) is 2. The van der Waals surface area contributed by atoms with E-state index in [4.69, 9.17) is 12.2 Å². The minimum Gasteiger partial charge on any atom is -0.331 e. The molecule has 8 heteroatoms. The number of halogens is 1. The third kappa shape index (κ3) is 3.45. The molecular weight excluding hydrogens is 283 g/mol. The molecule has 1 heterocycles. The van der Waals surface area contributed by atoms with Gasteiger partial charge in [0.2, 0.25) is 0 Å². The SMILES string of the molecule is O=[N+]([O-])c1cc(F)ccc1NC(=S)Nc1cccnc1. The van der Waals surface area contributed by atoms with Gasteiger partial charge in [-0.15, -0.1) is 0 Å². The molecule has 0 unspecified atom stereocenters. The van der Waals surface area contributed by atoms with E-state index in [0.29, 0.717) is 5.69 Å². The van der Waals surface area contributed by atoms with Crippen LogP contribution >= 0.6 is 12.2 Å². The van der Waals surface area contributed by atoms with Crippen molar-refractivity contribution in [1.29, 1.82) is 0 Å². The molecule has 6 nitrogen and oxygen atoms in total. The average molecular weight is 292 g/mol. The van der Waals surface area contributed by atoms with Crippen LogP contribution in [0.5, 0.6) is 0 Å². The second kappa shape index (κ2) is 6.02. The lowest BCUT2D eigenvalue weighted by Gasteiger charge is -2.10. The lowest BCUT2D eigenvalue weighted by Crippen LogP contribution is -2.19. The summed E-state index contributed by atoms with van der Waals surface area (Å²) in [6, 6.07) is 6.65. The van der Waals surface area contributed by atoms with Crippen molar-refractivity contribution in [1.82, 2.24) is 4.98 Å². The van der Waals surface area contributed by atoms with Crippen molar-refractivity contribution in [2.45, 2.75) is 0 Å². The van der Waals surface area contributed by atoms with Crippen molar-refractivity contribution in [3.8, 4) is 0 Å². The first-order valence-corrected chi connectivity index (χ1v) is 5.89. The first-order valence-electron chi connectivity index (χ1n) is 5.48. The Bertz CT molecular complexity index is 651.